The molecular weight excluding hydrogens is 376 g/mol. The van der Waals surface area contributed by atoms with E-state index in [2.05, 4.69) is 24.6 Å². The number of aromatic nitrogens is 3. The first-order valence-corrected chi connectivity index (χ1v) is 10.3. The van der Waals surface area contributed by atoms with E-state index in [-0.39, 0.29) is 10.3 Å². The monoisotopic (exact) mass is 396 g/mol. The van der Waals surface area contributed by atoms with Gasteiger partial charge in [0.2, 0.25) is 10.3 Å². The van der Waals surface area contributed by atoms with Crippen LogP contribution in [0.2, 0.25) is 0 Å². The van der Waals surface area contributed by atoms with Gasteiger partial charge in [-0.3, -0.25) is 5.32 Å². The Balaban J connectivity index is 1.81. The van der Waals surface area contributed by atoms with Crippen molar-refractivity contribution in [2.45, 2.75) is 49.5 Å². The van der Waals surface area contributed by atoms with Crippen LogP contribution in [-0.2, 0) is 15.5 Å². The number of nitrogens with one attached hydrogen (secondary N) is 1. The fourth-order valence-electron chi connectivity index (χ4n) is 2.19. The van der Waals surface area contributed by atoms with Gasteiger partial charge in [0.25, 0.3) is 0 Å². The Morgan fingerprint density at radius 3 is 2.73 bits per heavy atom. The van der Waals surface area contributed by atoms with Gasteiger partial charge in [-0.1, -0.05) is 0 Å². The van der Waals surface area contributed by atoms with E-state index in [4.69, 9.17) is 5.14 Å². The Hall–Kier alpha value is -1.95. The summed E-state index contributed by atoms with van der Waals surface area (Å²) in [6.45, 7) is 4.94. The lowest BCUT2D eigenvalue weighted by molar-refractivity contribution is 0.0823. The second kappa shape index (κ2) is 6.65. The van der Waals surface area contributed by atoms with Crippen molar-refractivity contribution in [3.63, 3.8) is 0 Å². The number of aryl methyl sites for hydroxylation is 1. The van der Waals surface area contributed by atoms with E-state index in [0.717, 1.165) is 35.6 Å². The van der Waals surface area contributed by atoms with Crippen LogP contribution in [0.25, 0.3) is 0 Å². The summed E-state index contributed by atoms with van der Waals surface area (Å²) in [6.07, 6.45) is 3.50. The molecule has 2 aromatic heterocycles. The van der Waals surface area contributed by atoms with Gasteiger partial charge in [-0.25, -0.2) is 29.1 Å². The molecule has 0 radical (unpaired) electrons. The van der Waals surface area contributed by atoms with Crippen molar-refractivity contribution in [2.75, 3.05) is 5.32 Å². The van der Waals surface area contributed by atoms with Crippen LogP contribution in [0.1, 0.15) is 48.9 Å². The zero-order valence-electron chi connectivity index (χ0n) is 14.6. The van der Waals surface area contributed by atoms with Crippen LogP contribution < -0.4 is 10.5 Å². The number of urea groups is 1. The van der Waals surface area contributed by atoms with Crippen molar-refractivity contribution in [3.05, 3.63) is 28.5 Å². The maximum Gasteiger partial charge on any atom is 0.357 e. The lowest BCUT2D eigenvalue weighted by Gasteiger charge is -2.13. The minimum atomic E-state index is -3.54. The number of rotatable bonds is 4. The zero-order chi connectivity index (χ0) is 19.1. The molecule has 1 aliphatic rings. The fourth-order valence-corrected chi connectivity index (χ4v) is 4.28. The first-order valence-electron chi connectivity index (χ1n) is 7.95. The highest BCUT2D eigenvalue weighted by atomic mass is 32.2. The summed E-state index contributed by atoms with van der Waals surface area (Å²) in [7, 11) is -3.54. The summed E-state index contributed by atoms with van der Waals surface area (Å²) >= 11 is 0.946. The number of aliphatic hydroxyl groups is 1. The molecule has 0 saturated heterocycles. The normalized spacial score (nSPS) is 16.8. The standard InChI is InChI=1S/C15H20N6O3S2/c1-8-6-10(9-4-5-9)19-12(18-8)20-13(22)21-26(16,24)14-17-7-11(25-14)15(2,3)23/h6-7,9,23H,4-5H2,1-3H3,(H3,16,18,19,20,21,22,24)/t26-/m1/s1. The molecule has 2 aromatic rings. The summed E-state index contributed by atoms with van der Waals surface area (Å²) in [5.41, 5.74) is 0.443. The van der Waals surface area contributed by atoms with E-state index in [0.29, 0.717) is 10.8 Å². The largest absolute Gasteiger partial charge is 0.385 e. The van der Waals surface area contributed by atoms with Gasteiger partial charge in [0.15, 0.2) is 9.92 Å². The molecule has 1 atom stereocenters. The van der Waals surface area contributed by atoms with Gasteiger partial charge < -0.3 is 5.11 Å². The van der Waals surface area contributed by atoms with Crippen LogP contribution in [0, 0.1) is 6.92 Å². The zero-order valence-corrected chi connectivity index (χ0v) is 16.2. The van der Waals surface area contributed by atoms with Crippen molar-refractivity contribution in [3.8, 4) is 0 Å². The lowest BCUT2D eigenvalue weighted by Crippen LogP contribution is -2.18. The molecule has 2 amide bonds. The average molecular weight is 396 g/mol. The Bertz CT molecular complexity index is 968. The maximum atomic E-state index is 12.6. The first-order chi connectivity index (χ1) is 12.0. The predicted molar refractivity (Wildman–Crippen MR) is 98.1 cm³/mol. The second-order valence-corrected chi connectivity index (χ2v) is 9.67. The van der Waals surface area contributed by atoms with Crippen molar-refractivity contribution >= 4 is 33.2 Å². The predicted octanol–water partition coefficient (Wildman–Crippen LogP) is 2.28. The Morgan fingerprint density at radius 2 is 2.15 bits per heavy atom. The molecule has 0 unspecified atom stereocenters. The average Bonchev–Trinajstić information content (AvgIpc) is 3.20. The third-order valence-corrected chi connectivity index (χ3v) is 6.76. The summed E-state index contributed by atoms with van der Waals surface area (Å²) in [6, 6.07) is 0.967. The molecule has 4 N–H and O–H groups in total. The first kappa shape index (κ1) is 18.8. The molecule has 11 heteroatoms. The third-order valence-electron chi connectivity index (χ3n) is 3.64. The Labute approximate surface area is 155 Å². The number of hydrogen-bond acceptors (Lipinski definition) is 7. The number of anilines is 1. The van der Waals surface area contributed by atoms with Crippen molar-refractivity contribution in [1.82, 2.24) is 15.0 Å². The molecular formula is C15H20N6O3S2. The number of carbonyl (C=O) groups is 1. The fraction of sp³-hybridized carbons (Fsp3) is 0.467. The van der Waals surface area contributed by atoms with E-state index >= 15 is 0 Å². The summed E-state index contributed by atoms with van der Waals surface area (Å²) in [5.74, 6) is 0.505. The van der Waals surface area contributed by atoms with Gasteiger partial charge in [-0.05, 0) is 39.7 Å². The van der Waals surface area contributed by atoms with E-state index in [9.17, 15) is 14.1 Å². The summed E-state index contributed by atoms with van der Waals surface area (Å²) < 4.78 is 16.1. The molecule has 9 nitrogen and oxygen atoms in total. The SMILES string of the molecule is Cc1cc(C2CC2)nc(NC(=O)N=[S@@](N)(=O)c2ncc(C(C)(C)O)s2)n1. The molecule has 1 fully saturated rings. The number of amides is 2. The molecule has 0 aromatic carbocycles. The van der Waals surface area contributed by atoms with Crippen LogP contribution in [0.5, 0.6) is 0 Å². The van der Waals surface area contributed by atoms with Gasteiger partial charge in [-0.2, -0.15) is 0 Å². The number of thiazole rings is 1. The maximum absolute atomic E-state index is 12.6. The van der Waals surface area contributed by atoms with Gasteiger partial charge in [-0.15, -0.1) is 15.7 Å². The molecule has 0 spiro atoms. The van der Waals surface area contributed by atoms with Gasteiger partial charge in [0, 0.05) is 23.5 Å². The van der Waals surface area contributed by atoms with E-state index < -0.39 is 21.5 Å². The molecule has 26 heavy (non-hydrogen) atoms. The molecule has 140 valence electrons. The van der Waals surface area contributed by atoms with Crippen LogP contribution >= 0.6 is 11.3 Å². The number of nitrogens with two attached hydrogens (primary N) is 1. The second-order valence-electron chi connectivity index (χ2n) is 6.67. The molecule has 2 heterocycles. The molecule has 0 bridgehead atoms. The Kier molecular flexibility index (Phi) is 4.82. The number of carbonyl (C=O) groups excluding carboxylic acids is 1. The minimum absolute atomic E-state index is 0.0337. The van der Waals surface area contributed by atoms with Gasteiger partial charge in [0.1, 0.15) is 0 Å². The summed E-state index contributed by atoms with van der Waals surface area (Å²) in [5, 5.41) is 18.1. The van der Waals surface area contributed by atoms with Crippen LogP contribution in [0.3, 0.4) is 0 Å². The van der Waals surface area contributed by atoms with E-state index in [1.165, 1.54) is 6.20 Å². The minimum Gasteiger partial charge on any atom is -0.385 e. The summed E-state index contributed by atoms with van der Waals surface area (Å²) in [4.78, 5) is 25.0. The topological polar surface area (TPSA) is 143 Å². The van der Waals surface area contributed by atoms with Crippen LogP contribution in [-0.4, -0.2) is 30.3 Å². The van der Waals surface area contributed by atoms with Crippen LogP contribution in [0.15, 0.2) is 21.0 Å². The molecule has 3 rings (SSSR count). The van der Waals surface area contributed by atoms with E-state index in [1.54, 1.807) is 20.8 Å². The Morgan fingerprint density at radius 1 is 1.46 bits per heavy atom. The highest BCUT2D eigenvalue weighted by Crippen LogP contribution is 2.39. The third kappa shape index (κ3) is 4.41. The highest BCUT2D eigenvalue weighted by Gasteiger charge is 2.26. The number of nitrogens with zero attached hydrogens (tertiary/aromatic N) is 4. The smallest absolute Gasteiger partial charge is 0.357 e. The van der Waals surface area contributed by atoms with Gasteiger partial charge >= 0.3 is 6.03 Å². The highest BCUT2D eigenvalue weighted by molar-refractivity contribution is 7.93. The molecule has 1 aliphatic carbocycles. The molecule has 0 aliphatic heterocycles. The van der Waals surface area contributed by atoms with Crippen LogP contribution in [0.4, 0.5) is 10.7 Å². The van der Waals surface area contributed by atoms with E-state index in [1.807, 2.05) is 6.07 Å². The quantitative estimate of drug-likeness (QED) is 0.723. The van der Waals surface area contributed by atoms with Crippen molar-refractivity contribution in [1.29, 1.82) is 0 Å². The lowest BCUT2D eigenvalue weighted by atomic mass is 10.1. The number of hydrogen-bond donors (Lipinski definition) is 3. The molecule has 1 saturated carbocycles. The van der Waals surface area contributed by atoms with Crippen molar-refractivity contribution < 1.29 is 14.1 Å². The van der Waals surface area contributed by atoms with Gasteiger partial charge in [0.05, 0.1) is 10.5 Å². The van der Waals surface area contributed by atoms with Crippen molar-refractivity contribution in [2.24, 2.45) is 9.50 Å².